The molecule has 0 amide bonds. The highest BCUT2D eigenvalue weighted by Crippen LogP contribution is 2.19. The molecular formula is C15H26N2. The molecule has 0 radical (unpaired) electrons. The van der Waals surface area contributed by atoms with Gasteiger partial charge >= 0.3 is 0 Å². The molecule has 0 aliphatic carbocycles. The molecule has 17 heavy (non-hydrogen) atoms. The van der Waals surface area contributed by atoms with Crippen LogP contribution in [0, 0.1) is 23.7 Å². The van der Waals surface area contributed by atoms with Crippen LogP contribution in [0.5, 0.6) is 0 Å². The van der Waals surface area contributed by atoms with Gasteiger partial charge in [-0.25, -0.2) is 0 Å². The fraction of sp³-hybridized carbons (Fsp3) is 0.867. The van der Waals surface area contributed by atoms with Gasteiger partial charge in [0.2, 0.25) is 0 Å². The topological polar surface area (TPSA) is 6.48 Å². The Morgan fingerprint density at radius 2 is 1.41 bits per heavy atom. The van der Waals surface area contributed by atoms with Crippen molar-refractivity contribution in [1.82, 2.24) is 9.80 Å². The molecule has 0 saturated carbocycles. The molecule has 0 atom stereocenters. The lowest BCUT2D eigenvalue weighted by molar-refractivity contribution is 0.222. The second-order valence-electron chi connectivity index (χ2n) is 5.85. The number of hydrogen-bond acceptors (Lipinski definition) is 2. The number of hydrogen-bond donors (Lipinski definition) is 0. The number of likely N-dealkylation sites (tertiary alicyclic amines) is 2. The zero-order valence-electron chi connectivity index (χ0n) is 11.4. The Morgan fingerprint density at radius 3 is 2.00 bits per heavy atom. The van der Waals surface area contributed by atoms with Gasteiger partial charge in [0, 0.05) is 12.3 Å². The monoisotopic (exact) mass is 234 g/mol. The normalized spacial score (nSPS) is 25.5. The van der Waals surface area contributed by atoms with Crippen LogP contribution >= 0.6 is 0 Å². The summed E-state index contributed by atoms with van der Waals surface area (Å²) in [4.78, 5) is 4.84. The number of nitrogens with zero attached hydrogens (tertiary/aromatic N) is 2. The molecule has 2 heterocycles. The summed E-state index contributed by atoms with van der Waals surface area (Å²) in [6.45, 7) is 4.99. The largest absolute Gasteiger partial charge is 0.306 e. The molecule has 2 aliphatic rings. The SMILES string of the molecule is CN1CCC(C#CCC2CCN(C)CC2)CC1. The smallest absolute Gasteiger partial charge is 0.0227 e. The van der Waals surface area contributed by atoms with E-state index >= 15 is 0 Å². The maximum absolute atomic E-state index is 3.51. The molecule has 2 heteroatoms. The molecule has 0 bridgehead atoms. The Hall–Kier alpha value is -0.520. The highest BCUT2D eigenvalue weighted by molar-refractivity contribution is 5.06. The Labute approximate surface area is 106 Å². The van der Waals surface area contributed by atoms with Gasteiger partial charge in [-0.2, -0.15) is 0 Å². The van der Waals surface area contributed by atoms with Crippen LogP contribution in [0.25, 0.3) is 0 Å². The van der Waals surface area contributed by atoms with Crippen LogP contribution in [-0.2, 0) is 0 Å². The highest BCUT2D eigenvalue weighted by Gasteiger charge is 2.16. The molecule has 2 saturated heterocycles. The fourth-order valence-corrected chi connectivity index (χ4v) is 2.77. The molecule has 2 rings (SSSR count). The van der Waals surface area contributed by atoms with Crippen molar-refractivity contribution in [2.75, 3.05) is 40.3 Å². The van der Waals surface area contributed by atoms with Gasteiger partial charge in [0.05, 0.1) is 0 Å². The van der Waals surface area contributed by atoms with E-state index in [0.717, 1.165) is 12.3 Å². The second-order valence-corrected chi connectivity index (χ2v) is 5.85. The average molecular weight is 234 g/mol. The van der Waals surface area contributed by atoms with Crippen LogP contribution in [0.15, 0.2) is 0 Å². The van der Waals surface area contributed by atoms with Gasteiger partial charge < -0.3 is 9.80 Å². The third-order valence-corrected chi connectivity index (χ3v) is 4.25. The summed E-state index contributed by atoms with van der Waals surface area (Å²) in [5, 5.41) is 0. The van der Waals surface area contributed by atoms with Crippen LogP contribution in [0.1, 0.15) is 32.1 Å². The lowest BCUT2D eigenvalue weighted by atomic mass is 9.93. The highest BCUT2D eigenvalue weighted by atomic mass is 15.1. The Morgan fingerprint density at radius 1 is 0.882 bits per heavy atom. The van der Waals surface area contributed by atoms with Crippen molar-refractivity contribution < 1.29 is 0 Å². The summed E-state index contributed by atoms with van der Waals surface area (Å²) >= 11 is 0. The first-order valence-corrected chi connectivity index (χ1v) is 7.09. The Bertz CT molecular complexity index is 273. The van der Waals surface area contributed by atoms with E-state index in [4.69, 9.17) is 0 Å². The molecule has 0 spiro atoms. The fourth-order valence-electron chi connectivity index (χ4n) is 2.77. The summed E-state index contributed by atoms with van der Waals surface area (Å²) in [7, 11) is 4.43. The maximum Gasteiger partial charge on any atom is 0.0227 e. The lowest BCUT2D eigenvalue weighted by Crippen LogP contribution is -2.30. The van der Waals surface area contributed by atoms with Crippen molar-refractivity contribution in [3.63, 3.8) is 0 Å². The van der Waals surface area contributed by atoms with Crippen molar-refractivity contribution in [2.24, 2.45) is 11.8 Å². The first-order valence-electron chi connectivity index (χ1n) is 7.09. The van der Waals surface area contributed by atoms with E-state index in [0.29, 0.717) is 5.92 Å². The van der Waals surface area contributed by atoms with Crippen molar-refractivity contribution in [3.8, 4) is 11.8 Å². The van der Waals surface area contributed by atoms with Gasteiger partial charge in [-0.1, -0.05) is 5.92 Å². The molecule has 96 valence electrons. The summed E-state index contributed by atoms with van der Waals surface area (Å²) in [6.07, 6.45) is 6.38. The van der Waals surface area contributed by atoms with Crippen molar-refractivity contribution in [3.05, 3.63) is 0 Å². The standard InChI is InChI=1S/C15H26N2/c1-16-10-6-14(7-11-16)4-3-5-15-8-12-17(2)13-9-15/h14-15H,4,6-13H2,1-2H3. The minimum atomic E-state index is 0.678. The summed E-state index contributed by atoms with van der Waals surface area (Å²) in [5.74, 6) is 8.52. The predicted molar refractivity (Wildman–Crippen MR) is 72.8 cm³/mol. The van der Waals surface area contributed by atoms with Gasteiger partial charge in [-0.3, -0.25) is 0 Å². The van der Waals surface area contributed by atoms with E-state index in [1.54, 1.807) is 0 Å². The third-order valence-electron chi connectivity index (χ3n) is 4.25. The zero-order chi connectivity index (χ0) is 12.1. The average Bonchev–Trinajstić information content (AvgIpc) is 2.34. The summed E-state index contributed by atoms with van der Waals surface area (Å²) < 4.78 is 0. The molecule has 0 N–H and O–H groups in total. The first-order chi connectivity index (χ1) is 8.24. The van der Waals surface area contributed by atoms with Gasteiger partial charge in [0.25, 0.3) is 0 Å². The first kappa shape index (κ1) is 12.9. The van der Waals surface area contributed by atoms with E-state index in [9.17, 15) is 0 Å². The van der Waals surface area contributed by atoms with E-state index in [1.165, 1.54) is 51.9 Å². The quantitative estimate of drug-likeness (QED) is 0.641. The van der Waals surface area contributed by atoms with Gasteiger partial charge in [0.15, 0.2) is 0 Å². The van der Waals surface area contributed by atoms with Gasteiger partial charge in [-0.15, -0.1) is 5.92 Å². The summed E-state index contributed by atoms with van der Waals surface area (Å²) in [6, 6.07) is 0. The number of rotatable bonds is 1. The van der Waals surface area contributed by atoms with E-state index in [-0.39, 0.29) is 0 Å². The molecule has 0 unspecified atom stereocenters. The van der Waals surface area contributed by atoms with Crippen LogP contribution in [0.3, 0.4) is 0 Å². The Balaban J connectivity index is 1.67. The van der Waals surface area contributed by atoms with Crippen LogP contribution < -0.4 is 0 Å². The maximum atomic E-state index is 3.51. The van der Waals surface area contributed by atoms with E-state index < -0.39 is 0 Å². The van der Waals surface area contributed by atoms with Crippen molar-refractivity contribution in [1.29, 1.82) is 0 Å². The molecule has 0 aromatic carbocycles. The van der Waals surface area contributed by atoms with Crippen LogP contribution in [0.2, 0.25) is 0 Å². The zero-order valence-corrected chi connectivity index (χ0v) is 11.4. The Kier molecular flexibility index (Phi) is 4.88. The lowest BCUT2D eigenvalue weighted by Gasteiger charge is -2.28. The minimum Gasteiger partial charge on any atom is -0.306 e. The summed E-state index contributed by atoms with van der Waals surface area (Å²) in [5.41, 5.74) is 0. The second kappa shape index (κ2) is 6.42. The van der Waals surface area contributed by atoms with Crippen LogP contribution in [0.4, 0.5) is 0 Å². The van der Waals surface area contributed by atoms with Crippen molar-refractivity contribution in [2.45, 2.75) is 32.1 Å². The van der Waals surface area contributed by atoms with Gasteiger partial charge in [0.1, 0.15) is 0 Å². The molecule has 2 fully saturated rings. The molecule has 0 aromatic rings. The number of piperidine rings is 2. The van der Waals surface area contributed by atoms with Crippen molar-refractivity contribution >= 4 is 0 Å². The molecule has 2 nitrogen and oxygen atoms in total. The van der Waals surface area contributed by atoms with E-state index in [2.05, 4.69) is 35.7 Å². The van der Waals surface area contributed by atoms with E-state index in [1.807, 2.05) is 0 Å². The third kappa shape index (κ3) is 4.33. The molecule has 2 aliphatic heterocycles. The van der Waals surface area contributed by atoms with Crippen LogP contribution in [-0.4, -0.2) is 50.1 Å². The van der Waals surface area contributed by atoms with Gasteiger partial charge in [-0.05, 0) is 71.9 Å². The minimum absolute atomic E-state index is 0.678. The predicted octanol–water partition coefficient (Wildman–Crippen LogP) is 2.06. The molecular weight excluding hydrogens is 208 g/mol. The molecule has 0 aromatic heterocycles.